The molecule has 2 unspecified atom stereocenters. The predicted molar refractivity (Wildman–Crippen MR) is 74.9 cm³/mol. The molecule has 0 bridgehead atoms. The minimum absolute atomic E-state index is 0.118. The molecule has 5 nitrogen and oxygen atoms in total. The molecule has 0 aromatic rings. The van der Waals surface area contributed by atoms with Crippen molar-refractivity contribution in [2.24, 2.45) is 5.92 Å². The van der Waals surface area contributed by atoms with Crippen molar-refractivity contribution in [1.29, 1.82) is 0 Å². The first-order valence-corrected chi connectivity index (χ1v) is 7.63. The molecule has 2 aliphatic rings. The fourth-order valence-electron chi connectivity index (χ4n) is 3.13. The Balaban J connectivity index is 1.75. The predicted octanol–water partition coefficient (Wildman–Crippen LogP) is -0.0510. The Morgan fingerprint density at radius 2 is 2.05 bits per heavy atom. The summed E-state index contributed by atoms with van der Waals surface area (Å²) < 4.78 is 0. The van der Waals surface area contributed by atoms with E-state index in [4.69, 9.17) is 0 Å². The van der Waals surface area contributed by atoms with E-state index in [9.17, 15) is 9.90 Å². The van der Waals surface area contributed by atoms with Crippen LogP contribution in [0.1, 0.15) is 32.1 Å². The molecule has 1 saturated heterocycles. The van der Waals surface area contributed by atoms with Gasteiger partial charge in [-0.15, -0.1) is 0 Å². The highest BCUT2D eigenvalue weighted by Crippen LogP contribution is 2.23. The average Bonchev–Trinajstić information content (AvgIpc) is 2.68. The highest BCUT2D eigenvalue weighted by molar-refractivity contribution is 5.78. The topological polar surface area (TPSA) is 64.6 Å². The monoisotopic (exact) mass is 269 g/mol. The van der Waals surface area contributed by atoms with E-state index in [0.29, 0.717) is 6.54 Å². The average molecular weight is 269 g/mol. The molecule has 0 spiro atoms. The van der Waals surface area contributed by atoms with Gasteiger partial charge in [-0.05, 0) is 32.4 Å². The van der Waals surface area contributed by atoms with Crippen LogP contribution in [0.3, 0.4) is 0 Å². The summed E-state index contributed by atoms with van der Waals surface area (Å²) in [6, 6.07) is 0.177. The first-order valence-electron chi connectivity index (χ1n) is 7.63. The maximum atomic E-state index is 12.1. The van der Waals surface area contributed by atoms with Crippen LogP contribution in [-0.2, 0) is 4.79 Å². The van der Waals surface area contributed by atoms with Crippen molar-refractivity contribution in [3.05, 3.63) is 0 Å². The molecule has 1 aliphatic heterocycles. The van der Waals surface area contributed by atoms with Gasteiger partial charge in [0.2, 0.25) is 5.91 Å². The fourth-order valence-corrected chi connectivity index (χ4v) is 3.13. The Kier molecular flexibility index (Phi) is 6.07. The fraction of sp³-hybridized carbons (Fsp3) is 0.929. The van der Waals surface area contributed by atoms with Gasteiger partial charge in [0.25, 0.3) is 0 Å². The van der Waals surface area contributed by atoms with Gasteiger partial charge < -0.3 is 15.7 Å². The van der Waals surface area contributed by atoms with Crippen LogP contribution < -0.4 is 10.6 Å². The molecular formula is C14H27N3O2. The zero-order chi connectivity index (χ0) is 13.5. The highest BCUT2D eigenvalue weighted by atomic mass is 16.3. The van der Waals surface area contributed by atoms with Crippen LogP contribution in [-0.4, -0.2) is 61.3 Å². The third-order valence-corrected chi connectivity index (χ3v) is 4.29. The van der Waals surface area contributed by atoms with Gasteiger partial charge in [-0.2, -0.15) is 0 Å². The quantitative estimate of drug-likeness (QED) is 0.669. The molecule has 5 heteroatoms. The summed E-state index contributed by atoms with van der Waals surface area (Å²) in [4.78, 5) is 14.3. The van der Waals surface area contributed by atoms with Crippen molar-refractivity contribution >= 4 is 5.91 Å². The number of amides is 1. The first kappa shape index (κ1) is 14.8. The smallest absolute Gasteiger partial charge is 0.234 e. The number of aliphatic hydroxyl groups is 1. The molecule has 0 aromatic heterocycles. The molecule has 1 saturated carbocycles. The number of nitrogens with zero attached hydrogens (tertiary/aromatic N) is 1. The third-order valence-electron chi connectivity index (χ3n) is 4.29. The zero-order valence-electron chi connectivity index (χ0n) is 11.7. The Labute approximate surface area is 115 Å². The summed E-state index contributed by atoms with van der Waals surface area (Å²) in [5, 5.41) is 15.8. The van der Waals surface area contributed by atoms with Crippen LogP contribution in [0.4, 0.5) is 0 Å². The van der Waals surface area contributed by atoms with E-state index in [1.54, 1.807) is 0 Å². The van der Waals surface area contributed by atoms with E-state index in [-0.39, 0.29) is 24.5 Å². The number of nitrogens with one attached hydrogen (secondary N) is 2. The van der Waals surface area contributed by atoms with E-state index < -0.39 is 0 Å². The van der Waals surface area contributed by atoms with E-state index in [0.717, 1.165) is 51.9 Å². The summed E-state index contributed by atoms with van der Waals surface area (Å²) in [5.41, 5.74) is 0. The van der Waals surface area contributed by atoms with E-state index >= 15 is 0 Å². The van der Waals surface area contributed by atoms with Crippen molar-refractivity contribution in [2.75, 3.05) is 39.3 Å². The van der Waals surface area contributed by atoms with Crippen LogP contribution in [0.15, 0.2) is 0 Å². The second-order valence-corrected chi connectivity index (χ2v) is 5.78. The number of hydrogen-bond donors (Lipinski definition) is 3. The lowest BCUT2D eigenvalue weighted by Gasteiger charge is -2.31. The molecule has 1 heterocycles. The van der Waals surface area contributed by atoms with Gasteiger partial charge in [0.1, 0.15) is 0 Å². The third kappa shape index (κ3) is 4.75. The molecule has 1 amide bonds. The molecule has 0 aromatic carbocycles. The molecule has 3 N–H and O–H groups in total. The molecule has 0 radical (unpaired) electrons. The standard InChI is InChI=1S/C14H27N3O2/c18-11-12-4-1-2-5-13(12)16-14(19)10-17-8-3-6-15-7-9-17/h12-13,15,18H,1-11H2,(H,16,19). The van der Waals surface area contributed by atoms with Gasteiger partial charge in [-0.25, -0.2) is 0 Å². The lowest BCUT2D eigenvalue weighted by Crippen LogP contribution is -2.47. The Morgan fingerprint density at radius 1 is 1.21 bits per heavy atom. The Bertz CT molecular complexity index is 278. The number of rotatable bonds is 4. The van der Waals surface area contributed by atoms with Crippen LogP contribution >= 0.6 is 0 Å². The number of carbonyl (C=O) groups excluding carboxylic acids is 1. The van der Waals surface area contributed by atoms with Crippen LogP contribution in [0.25, 0.3) is 0 Å². The maximum absolute atomic E-state index is 12.1. The van der Waals surface area contributed by atoms with E-state index in [2.05, 4.69) is 15.5 Å². The van der Waals surface area contributed by atoms with Crippen molar-refractivity contribution in [3.63, 3.8) is 0 Å². The summed E-state index contributed by atoms with van der Waals surface area (Å²) in [7, 11) is 0. The Hall–Kier alpha value is -0.650. The van der Waals surface area contributed by atoms with Crippen molar-refractivity contribution in [2.45, 2.75) is 38.1 Å². The second kappa shape index (κ2) is 7.82. The Morgan fingerprint density at radius 3 is 2.89 bits per heavy atom. The highest BCUT2D eigenvalue weighted by Gasteiger charge is 2.26. The molecule has 19 heavy (non-hydrogen) atoms. The SMILES string of the molecule is O=C(CN1CCCNCC1)NC1CCCCC1CO. The van der Waals surface area contributed by atoms with Crippen molar-refractivity contribution < 1.29 is 9.90 Å². The first-order chi connectivity index (χ1) is 9.29. The molecule has 2 rings (SSSR count). The van der Waals surface area contributed by atoms with Gasteiger partial charge in [-0.1, -0.05) is 12.8 Å². The summed E-state index contributed by atoms with van der Waals surface area (Å²) in [6.07, 6.45) is 5.49. The van der Waals surface area contributed by atoms with Gasteiger partial charge in [0, 0.05) is 31.7 Å². The van der Waals surface area contributed by atoms with Crippen LogP contribution in [0.5, 0.6) is 0 Å². The minimum Gasteiger partial charge on any atom is -0.396 e. The largest absolute Gasteiger partial charge is 0.396 e. The normalized spacial score (nSPS) is 29.7. The van der Waals surface area contributed by atoms with E-state index in [1.807, 2.05) is 0 Å². The second-order valence-electron chi connectivity index (χ2n) is 5.78. The van der Waals surface area contributed by atoms with Crippen LogP contribution in [0, 0.1) is 5.92 Å². The van der Waals surface area contributed by atoms with Crippen molar-refractivity contribution in [1.82, 2.24) is 15.5 Å². The van der Waals surface area contributed by atoms with Gasteiger partial charge in [0.05, 0.1) is 6.54 Å². The zero-order valence-corrected chi connectivity index (χ0v) is 11.7. The minimum atomic E-state index is 0.118. The summed E-state index contributed by atoms with van der Waals surface area (Å²) >= 11 is 0. The van der Waals surface area contributed by atoms with Crippen LogP contribution in [0.2, 0.25) is 0 Å². The van der Waals surface area contributed by atoms with E-state index in [1.165, 1.54) is 6.42 Å². The maximum Gasteiger partial charge on any atom is 0.234 e. The number of carbonyl (C=O) groups is 1. The molecule has 2 atom stereocenters. The number of aliphatic hydroxyl groups excluding tert-OH is 1. The molecule has 110 valence electrons. The molecule has 1 aliphatic carbocycles. The summed E-state index contributed by atoms with van der Waals surface area (Å²) in [6.45, 7) is 4.65. The molecule has 2 fully saturated rings. The lowest BCUT2D eigenvalue weighted by molar-refractivity contribution is -0.123. The van der Waals surface area contributed by atoms with Gasteiger partial charge in [0.15, 0.2) is 0 Å². The number of hydrogen-bond acceptors (Lipinski definition) is 4. The van der Waals surface area contributed by atoms with Crippen molar-refractivity contribution in [3.8, 4) is 0 Å². The molecular weight excluding hydrogens is 242 g/mol. The lowest BCUT2D eigenvalue weighted by atomic mass is 9.85. The van der Waals surface area contributed by atoms with Gasteiger partial charge in [-0.3, -0.25) is 9.69 Å². The summed E-state index contributed by atoms with van der Waals surface area (Å²) in [5.74, 6) is 0.371. The van der Waals surface area contributed by atoms with Gasteiger partial charge >= 0.3 is 0 Å².